The van der Waals surface area contributed by atoms with Gasteiger partial charge in [0.1, 0.15) is 5.75 Å². The average molecular weight is 338 g/mol. The lowest BCUT2D eigenvalue weighted by Gasteiger charge is -2.09. The van der Waals surface area contributed by atoms with Crippen LogP contribution in [0.25, 0.3) is 11.4 Å². The largest absolute Gasteiger partial charge is 0.497 e. The van der Waals surface area contributed by atoms with Crippen molar-refractivity contribution in [2.75, 3.05) is 24.3 Å². The van der Waals surface area contributed by atoms with Gasteiger partial charge >= 0.3 is 0 Å². The number of ether oxygens (including phenoxy) is 1. The first-order valence-corrected chi connectivity index (χ1v) is 7.66. The maximum Gasteiger partial charge on any atom is 0.243 e. The van der Waals surface area contributed by atoms with Crippen molar-refractivity contribution in [2.24, 2.45) is 7.05 Å². The van der Waals surface area contributed by atoms with Crippen LogP contribution in [-0.2, 0) is 11.8 Å². The van der Waals surface area contributed by atoms with E-state index in [2.05, 4.69) is 26.2 Å². The van der Waals surface area contributed by atoms with Gasteiger partial charge < -0.3 is 15.4 Å². The molecule has 0 fully saturated rings. The molecule has 0 radical (unpaired) electrons. The summed E-state index contributed by atoms with van der Waals surface area (Å²) in [6.45, 7) is 0.145. The summed E-state index contributed by atoms with van der Waals surface area (Å²) < 4.78 is 6.68. The number of amides is 1. The highest BCUT2D eigenvalue weighted by atomic mass is 16.5. The Balaban J connectivity index is 1.59. The lowest BCUT2D eigenvalue weighted by molar-refractivity contribution is -0.114. The third-order valence-electron chi connectivity index (χ3n) is 3.57. The van der Waals surface area contributed by atoms with Crippen molar-refractivity contribution >= 4 is 17.3 Å². The Morgan fingerprint density at radius 1 is 1.16 bits per heavy atom. The van der Waals surface area contributed by atoms with E-state index in [0.717, 1.165) is 17.0 Å². The van der Waals surface area contributed by atoms with E-state index in [-0.39, 0.29) is 12.5 Å². The van der Waals surface area contributed by atoms with Gasteiger partial charge in [-0.15, -0.1) is 5.10 Å². The Labute approximate surface area is 144 Å². The number of nitrogens with one attached hydrogen (secondary N) is 2. The molecule has 3 rings (SSSR count). The molecule has 1 aromatic heterocycles. The third-order valence-corrected chi connectivity index (χ3v) is 3.57. The molecule has 0 unspecified atom stereocenters. The molecule has 8 nitrogen and oxygen atoms in total. The SMILES string of the molecule is COc1ccc(NC(=O)CNc2cccc(-c3nnnn3C)c2)cc1. The van der Waals surface area contributed by atoms with Crippen molar-refractivity contribution in [2.45, 2.75) is 0 Å². The van der Waals surface area contributed by atoms with Crippen LogP contribution >= 0.6 is 0 Å². The molecule has 0 aliphatic heterocycles. The van der Waals surface area contributed by atoms with E-state index in [1.165, 1.54) is 0 Å². The quantitative estimate of drug-likeness (QED) is 0.713. The van der Waals surface area contributed by atoms with Crippen LogP contribution < -0.4 is 15.4 Å². The van der Waals surface area contributed by atoms with Crippen LogP contribution in [0, 0.1) is 0 Å². The van der Waals surface area contributed by atoms with E-state index in [4.69, 9.17) is 4.74 Å². The van der Waals surface area contributed by atoms with E-state index >= 15 is 0 Å². The van der Waals surface area contributed by atoms with Gasteiger partial charge in [-0.25, -0.2) is 4.68 Å². The van der Waals surface area contributed by atoms with Crippen molar-refractivity contribution in [3.05, 3.63) is 48.5 Å². The van der Waals surface area contributed by atoms with Crippen LogP contribution in [-0.4, -0.2) is 39.8 Å². The molecular weight excluding hydrogens is 320 g/mol. The smallest absolute Gasteiger partial charge is 0.243 e. The van der Waals surface area contributed by atoms with Gasteiger partial charge in [-0.1, -0.05) is 12.1 Å². The fourth-order valence-corrected chi connectivity index (χ4v) is 2.30. The fraction of sp³-hybridized carbons (Fsp3) is 0.176. The Hall–Kier alpha value is -3.42. The Morgan fingerprint density at radius 2 is 1.96 bits per heavy atom. The molecule has 0 saturated heterocycles. The van der Waals surface area contributed by atoms with Gasteiger partial charge in [0.05, 0.1) is 13.7 Å². The molecular formula is C17H18N6O2. The minimum Gasteiger partial charge on any atom is -0.497 e. The predicted octanol–water partition coefficient (Wildman–Crippen LogP) is 1.94. The Kier molecular flexibility index (Phi) is 4.89. The minimum absolute atomic E-state index is 0.143. The highest BCUT2D eigenvalue weighted by molar-refractivity contribution is 5.93. The van der Waals surface area contributed by atoms with E-state index in [1.54, 1.807) is 43.1 Å². The summed E-state index contributed by atoms with van der Waals surface area (Å²) in [7, 11) is 3.38. The number of nitrogens with zero attached hydrogens (tertiary/aromatic N) is 4. The Bertz CT molecular complexity index is 860. The zero-order valence-electron chi connectivity index (χ0n) is 13.9. The number of aromatic nitrogens is 4. The third kappa shape index (κ3) is 4.11. The average Bonchev–Trinajstić information content (AvgIpc) is 3.07. The summed E-state index contributed by atoms with van der Waals surface area (Å²) in [5.74, 6) is 1.26. The number of anilines is 2. The Morgan fingerprint density at radius 3 is 2.64 bits per heavy atom. The fourth-order valence-electron chi connectivity index (χ4n) is 2.30. The molecule has 2 N–H and O–H groups in total. The summed E-state index contributed by atoms with van der Waals surface area (Å²) in [4.78, 5) is 12.1. The number of hydrogen-bond donors (Lipinski definition) is 2. The second-order valence-electron chi connectivity index (χ2n) is 5.34. The van der Waals surface area contributed by atoms with E-state index < -0.39 is 0 Å². The number of carbonyl (C=O) groups is 1. The van der Waals surface area contributed by atoms with Crippen LogP contribution in [0.2, 0.25) is 0 Å². The molecule has 1 heterocycles. The van der Waals surface area contributed by atoms with Crippen LogP contribution in [0.1, 0.15) is 0 Å². The second kappa shape index (κ2) is 7.43. The van der Waals surface area contributed by atoms with Gasteiger partial charge in [0, 0.05) is 24.0 Å². The zero-order valence-corrected chi connectivity index (χ0v) is 13.9. The first-order chi connectivity index (χ1) is 12.2. The monoisotopic (exact) mass is 338 g/mol. The molecule has 128 valence electrons. The van der Waals surface area contributed by atoms with Crippen molar-refractivity contribution < 1.29 is 9.53 Å². The van der Waals surface area contributed by atoms with Crippen molar-refractivity contribution in [1.82, 2.24) is 20.2 Å². The van der Waals surface area contributed by atoms with Gasteiger partial charge in [-0.3, -0.25) is 4.79 Å². The van der Waals surface area contributed by atoms with Gasteiger partial charge in [0.25, 0.3) is 0 Å². The van der Waals surface area contributed by atoms with Crippen LogP contribution in [0.3, 0.4) is 0 Å². The van der Waals surface area contributed by atoms with Crippen molar-refractivity contribution in [3.8, 4) is 17.1 Å². The molecule has 0 aliphatic rings. The lowest BCUT2D eigenvalue weighted by Crippen LogP contribution is -2.21. The molecule has 0 saturated carbocycles. The minimum atomic E-state index is -0.143. The zero-order chi connectivity index (χ0) is 17.6. The van der Waals surface area contributed by atoms with Crippen LogP contribution in [0.15, 0.2) is 48.5 Å². The van der Waals surface area contributed by atoms with Crippen LogP contribution in [0.5, 0.6) is 5.75 Å². The number of methoxy groups -OCH3 is 1. The number of carbonyl (C=O) groups excluding carboxylic acids is 1. The normalized spacial score (nSPS) is 10.3. The second-order valence-corrected chi connectivity index (χ2v) is 5.34. The van der Waals surface area contributed by atoms with Crippen molar-refractivity contribution in [3.63, 3.8) is 0 Å². The molecule has 25 heavy (non-hydrogen) atoms. The number of hydrogen-bond acceptors (Lipinski definition) is 6. The van der Waals surface area contributed by atoms with Crippen LogP contribution in [0.4, 0.5) is 11.4 Å². The molecule has 0 bridgehead atoms. The molecule has 1 amide bonds. The number of rotatable bonds is 6. The molecule has 2 aromatic carbocycles. The van der Waals surface area contributed by atoms with Gasteiger partial charge in [-0.05, 0) is 46.8 Å². The maximum absolute atomic E-state index is 12.1. The van der Waals surface area contributed by atoms with Gasteiger partial charge in [0.2, 0.25) is 5.91 Å². The summed E-state index contributed by atoms with van der Waals surface area (Å²) in [5.41, 5.74) is 2.39. The van der Waals surface area contributed by atoms with E-state index in [0.29, 0.717) is 11.5 Å². The molecule has 0 spiro atoms. The standard InChI is InChI=1S/C17H18N6O2/c1-23-17(20-21-22-23)12-4-3-5-14(10-12)18-11-16(24)19-13-6-8-15(25-2)9-7-13/h3-10,18H,11H2,1-2H3,(H,19,24). The summed E-state index contributed by atoms with van der Waals surface area (Å²) >= 11 is 0. The topological polar surface area (TPSA) is 94.0 Å². The first-order valence-electron chi connectivity index (χ1n) is 7.66. The predicted molar refractivity (Wildman–Crippen MR) is 94.3 cm³/mol. The first kappa shape index (κ1) is 16.4. The number of benzene rings is 2. The summed E-state index contributed by atoms with van der Waals surface area (Å²) in [5, 5.41) is 17.3. The highest BCUT2D eigenvalue weighted by Crippen LogP contribution is 2.19. The summed E-state index contributed by atoms with van der Waals surface area (Å²) in [6.07, 6.45) is 0. The molecule has 0 aliphatic carbocycles. The number of tetrazole rings is 1. The van der Waals surface area contributed by atoms with E-state index in [1.807, 2.05) is 24.3 Å². The molecule has 3 aromatic rings. The molecule has 8 heteroatoms. The van der Waals surface area contributed by atoms with E-state index in [9.17, 15) is 4.79 Å². The van der Waals surface area contributed by atoms with Gasteiger partial charge in [-0.2, -0.15) is 0 Å². The van der Waals surface area contributed by atoms with Gasteiger partial charge in [0.15, 0.2) is 5.82 Å². The lowest BCUT2D eigenvalue weighted by atomic mass is 10.2. The number of aryl methyl sites for hydroxylation is 1. The summed E-state index contributed by atoms with van der Waals surface area (Å²) in [6, 6.07) is 14.7. The highest BCUT2D eigenvalue weighted by Gasteiger charge is 2.07. The van der Waals surface area contributed by atoms with Crippen molar-refractivity contribution in [1.29, 1.82) is 0 Å². The molecule has 0 atom stereocenters. The maximum atomic E-state index is 12.1.